The van der Waals surface area contributed by atoms with E-state index < -0.39 is 17.7 Å². The van der Waals surface area contributed by atoms with E-state index in [9.17, 15) is 9.18 Å². The lowest BCUT2D eigenvalue weighted by Crippen LogP contribution is -2.22. The van der Waals surface area contributed by atoms with Crippen molar-refractivity contribution in [3.63, 3.8) is 0 Å². The molecule has 0 bridgehead atoms. The fourth-order valence-electron chi connectivity index (χ4n) is 2.12. The third kappa shape index (κ3) is 2.86. The van der Waals surface area contributed by atoms with Crippen LogP contribution >= 0.6 is 0 Å². The number of hydrogen-bond acceptors (Lipinski definition) is 5. The van der Waals surface area contributed by atoms with Gasteiger partial charge in [0.15, 0.2) is 5.82 Å². The SMILES string of the molecule is CCOC(=O)C(c1ccccc1F)c1nnc(NC)n1C. The van der Waals surface area contributed by atoms with E-state index in [1.165, 1.54) is 6.07 Å². The van der Waals surface area contributed by atoms with Crippen molar-refractivity contribution in [2.75, 3.05) is 19.0 Å². The summed E-state index contributed by atoms with van der Waals surface area (Å²) in [6.45, 7) is 1.91. The van der Waals surface area contributed by atoms with E-state index in [0.717, 1.165) is 0 Å². The highest BCUT2D eigenvalue weighted by Crippen LogP contribution is 2.27. The largest absolute Gasteiger partial charge is 0.465 e. The molecule has 1 N–H and O–H groups in total. The van der Waals surface area contributed by atoms with Crippen LogP contribution in [-0.4, -0.2) is 34.4 Å². The number of hydrogen-bond donors (Lipinski definition) is 1. The van der Waals surface area contributed by atoms with Crippen LogP contribution in [0, 0.1) is 5.82 Å². The Balaban J connectivity index is 2.53. The van der Waals surface area contributed by atoms with Crippen LogP contribution in [0.2, 0.25) is 0 Å². The van der Waals surface area contributed by atoms with Gasteiger partial charge in [0.05, 0.1) is 6.61 Å². The van der Waals surface area contributed by atoms with Crippen molar-refractivity contribution in [3.8, 4) is 0 Å². The molecule has 1 atom stereocenters. The van der Waals surface area contributed by atoms with Gasteiger partial charge in [-0.15, -0.1) is 10.2 Å². The molecule has 0 aliphatic heterocycles. The fourth-order valence-corrected chi connectivity index (χ4v) is 2.12. The summed E-state index contributed by atoms with van der Waals surface area (Å²) in [5, 5.41) is 10.8. The molecular formula is C14H17FN4O2. The molecule has 21 heavy (non-hydrogen) atoms. The molecule has 0 radical (unpaired) electrons. The highest BCUT2D eigenvalue weighted by atomic mass is 19.1. The van der Waals surface area contributed by atoms with Crippen LogP contribution in [0.3, 0.4) is 0 Å². The Morgan fingerprint density at radius 2 is 2.14 bits per heavy atom. The van der Waals surface area contributed by atoms with Gasteiger partial charge in [-0.3, -0.25) is 9.36 Å². The molecule has 1 aromatic carbocycles. The molecule has 0 aliphatic rings. The average molecular weight is 292 g/mol. The van der Waals surface area contributed by atoms with Gasteiger partial charge in [0.1, 0.15) is 11.7 Å². The molecule has 1 heterocycles. The van der Waals surface area contributed by atoms with Gasteiger partial charge < -0.3 is 10.1 Å². The molecule has 2 aromatic rings. The Kier molecular flexibility index (Phi) is 4.52. The van der Waals surface area contributed by atoms with Gasteiger partial charge in [-0.1, -0.05) is 18.2 Å². The van der Waals surface area contributed by atoms with E-state index in [1.54, 1.807) is 43.8 Å². The lowest BCUT2D eigenvalue weighted by atomic mass is 9.97. The van der Waals surface area contributed by atoms with Crippen molar-refractivity contribution in [3.05, 3.63) is 41.5 Å². The molecular weight excluding hydrogens is 275 g/mol. The monoisotopic (exact) mass is 292 g/mol. The number of rotatable bonds is 5. The first-order chi connectivity index (χ1) is 10.1. The van der Waals surface area contributed by atoms with Crippen molar-refractivity contribution in [1.29, 1.82) is 0 Å². The zero-order valence-corrected chi connectivity index (χ0v) is 12.1. The number of anilines is 1. The smallest absolute Gasteiger partial charge is 0.321 e. The van der Waals surface area contributed by atoms with Crippen LogP contribution in [-0.2, 0) is 16.6 Å². The normalized spacial score (nSPS) is 12.0. The Morgan fingerprint density at radius 3 is 2.71 bits per heavy atom. The van der Waals surface area contributed by atoms with Gasteiger partial charge in [0, 0.05) is 19.7 Å². The number of aromatic nitrogens is 3. The molecule has 0 spiro atoms. The Morgan fingerprint density at radius 1 is 1.43 bits per heavy atom. The summed E-state index contributed by atoms with van der Waals surface area (Å²) in [4.78, 5) is 12.3. The molecule has 0 saturated carbocycles. The minimum atomic E-state index is -0.953. The number of nitrogens with zero attached hydrogens (tertiary/aromatic N) is 3. The number of esters is 1. The zero-order valence-electron chi connectivity index (χ0n) is 12.1. The summed E-state index contributed by atoms with van der Waals surface area (Å²) < 4.78 is 20.7. The summed E-state index contributed by atoms with van der Waals surface area (Å²) in [6.07, 6.45) is 0. The molecule has 0 fully saturated rings. The van der Waals surface area contributed by atoms with Crippen LogP contribution < -0.4 is 5.32 Å². The number of carbonyl (C=O) groups is 1. The second kappa shape index (κ2) is 6.34. The second-order valence-corrected chi connectivity index (χ2v) is 4.40. The molecule has 0 amide bonds. The molecule has 7 heteroatoms. The lowest BCUT2D eigenvalue weighted by Gasteiger charge is -2.16. The third-order valence-electron chi connectivity index (χ3n) is 3.13. The van der Waals surface area contributed by atoms with E-state index in [0.29, 0.717) is 11.8 Å². The van der Waals surface area contributed by atoms with Crippen LogP contribution in [0.1, 0.15) is 24.2 Å². The topological polar surface area (TPSA) is 69.0 Å². The van der Waals surface area contributed by atoms with E-state index >= 15 is 0 Å². The minimum absolute atomic E-state index is 0.209. The predicted molar refractivity (Wildman–Crippen MR) is 75.4 cm³/mol. The highest BCUT2D eigenvalue weighted by molar-refractivity contribution is 5.81. The first-order valence-corrected chi connectivity index (χ1v) is 6.58. The maximum atomic E-state index is 14.1. The number of benzene rings is 1. The van der Waals surface area contributed by atoms with Gasteiger partial charge in [-0.2, -0.15) is 0 Å². The van der Waals surface area contributed by atoms with Crippen molar-refractivity contribution < 1.29 is 13.9 Å². The van der Waals surface area contributed by atoms with Gasteiger partial charge in [0.2, 0.25) is 5.95 Å². The molecule has 0 aliphatic carbocycles. The molecule has 0 saturated heterocycles. The summed E-state index contributed by atoms with van der Waals surface area (Å²) in [6, 6.07) is 6.08. The van der Waals surface area contributed by atoms with Crippen LogP contribution in [0.5, 0.6) is 0 Å². The van der Waals surface area contributed by atoms with E-state index in [-0.39, 0.29) is 12.2 Å². The second-order valence-electron chi connectivity index (χ2n) is 4.40. The van der Waals surface area contributed by atoms with E-state index in [1.807, 2.05) is 0 Å². The quantitative estimate of drug-likeness (QED) is 0.849. The van der Waals surface area contributed by atoms with E-state index in [2.05, 4.69) is 15.5 Å². The lowest BCUT2D eigenvalue weighted by molar-refractivity contribution is -0.144. The average Bonchev–Trinajstić information content (AvgIpc) is 2.83. The van der Waals surface area contributed by atoms with Crippen molar-refractivity contribution >= 4 is 11.9 Å². The fraction of sp³-hybridized carbons (Fsp3) is 0.357. The maximum absolute atomic E-state index is 14.1. The minimum Gasteiger partial charge on any atom is -0.465 e. The summed E-state index contributed by atoms with van der Waals surface area (Å²) in [5.74, 6) is -1.19. The van der Waals surface area contributed by atoms with Crippen LogP contribution in [0.15, 0.2) is 24.3 Å². The predicted octanol–water partition coefficient (Wildman–Crippen LogP) is 1.69. The van der Waals surface area contributed by atoms with E-state index in [4.69, 9.17) is 4.74 Å². The van der Waals surface area contributed by atoms with Gasteiger partial charge in [0.25, 0.3) is 0 Å². The molecule has 112 valence electrons. The Hall–Kier alpha value is -2.44. The number of halogens is 1. The first kappa shape index (κ1) is 15.0. The summed E-state index contributed by atoms with van der Waals surface area (Å²) in [7, 11) is 3.39. The third-order valence-corrected chi connectivity index (χ3v) is 3.13. The summed E-state index contributed by atoms with van der Waals surface area (Å²) in [5.41, 5.74) is 0.217. The van der Waals surface area contributed by atoms with Crippen molar-refractivity contribution in [1.82, 2.24) is 14.8 Å². The Bertz CT molecular complexity index is 642. The molecule has 6 nitrogen and oxygen atoms in total. The zero-order chi connectivity index (χ0) is 15.4. The molecule has 1 aromatic heterocycles. The van der Waals surface area contributed by atoms with Crippen molar-refractivity contribution in [2.24, 2.45) is 7.05 Å². The van der Waals surface area contributed by atoms with Gasteiger partial charge >= 0.3 is 5.97 Å². The van der Waals surface area contributed by atoms with Gasteiger partial charge in [-0.25, -0.2) is 4.39 Å². The van der Waals surface area contributed by atoms with Gasteiger partial charge in [-0.05, 0) is 13.0 Å². The number of ether oxygens (including phenoxy) is 1. The molecule has 2 rings (SSSR count). The maximum Gasteiger partial charge on any atom is 0.321 e. The first-order valence-electron chi connectivity index (χ1n) is 6.58. The Labute approximate surface area is 121 Å². The molecule has 1 unspecified atom stereocenters. The van der Waals surface area contributed by atoms with Crippen molar-refractivity contribution in [2.45, 2.75) is 12.8 Å². The number of carbonyl (C=O) groups excluding carboxylic acids is 1. The highest BCUT2D eigenvalue weighted by Gasteiger charge is 2.31. The number of nitrogens with one attached hydrogen (secondary N) is 1. The summed E-state index contributed by atoms with van der Waals surface area (Å²) >= 11 is 0. The van der Waals surface area contributed by atoms with Crippen LogP contribution in [0.4, 0.5) is 10.3 Å². The van der Waals surface area contributed by atoms with Crippen LogP contribution in [0.25, 0.3) is 0 Å². The standard InChI is InChI=1S/C14H17FN4O2/c1-4-21-13(20)11(9-7-5-6-8-10(9)15)12-17-18-14(16-2)19(12)3/h5-8,11H,4H2,1-3H3,(H,16,18).